The first-order valence-electron chi connectivity index (χ1n) is 9.38. The number of benzene rings is 1. The quantitative estimate of drug-likeness (QED) is 0.778. The summed E-state index contributed by atoms with van der Waals surface area (Å²) in [4.78, 5) is 14.9. The molecule has 0 spiro atoms. The van der Waals surface area contributed by atoms with Gasteiger partial charge in [-0.25, -0.2) is 0 Å². The minimum atomic E-state index is 0.207. The lowest BCUT2D eigenvalue weighted by atomic mass is 9.90. The Morgan fingerprint density at radius 2 is 1.81 bits per heavy atom. The molecule has 1 saturated heterocycles. The zero-order valence-corrected chi connectivity index (χ0v) is 16.0. The van der Waals surface area contributed by atoms with Crippen LogP contribution in [0, 0.1) is 0 Å². The monoisotopic (exact) mass is 363 g/mol. The van der Waals surface area contributed by atoms with Crippen LogP contribution in [0.3, 0.4) is 0 Å². The summed E-state index contributed by atoms with van der Waals surface area (Å²) in [6.07, 6.45) is 5.85. The molecule has 1 aliphatic heterocycles. The van der Waals surface area contributed by atoms with Gasteiger partial charge in [0.2, 0.25) is 11.7 Å². The van der Waals surface area contributed by atoms with Crippen LogP contribution >= 0.6 is 0 Å². The maximum atomic E-state index is 12.8. The van der Waals surface area contributed by atoms with Crippen molar-refractivity contribution in [2.24, 2.45) is 0 Å². The average molecular weight is 363 g/mol. The second kappa shape index (κ2) is 8.62. The number of carbonyl (C=O) groups excluding carboxylic acids is 1. The smallest absolute Gasteiger partial charge is 0.223 e. The van der Waals surface area contributed by atoms with Crippen LogP contribution in [0.15, 0.2) is 12.1 Å². The van der Waals surface area contributed by atoms with Crippen molar-refractivity contribution in [2.45, 2.75) is 50.7 Å². The number of hydrogen-bond donors (Lipinski definition) is 0. The standard InChI is InChI=1S/C20H29NO5/c1-23-17-12-14(13-18(24-2)20(17)25-3)8-9-19(22)21-10-11-26-16-7-5-4-6-15(16)21/h12-13,15-16H,4-11H2,1-3H3/t15-,16-/m0/s1. The fraction of sp³-hybridized carbons (Fsp3) is 0.650. The Balaban J connectivity index is 1.67. The third-order valence-electron chi connectivity index (χ3n) is 5.40. The fourth-order valence-electron chi connectivity index (χ4n) is 4.08. The third kappa shape index (κ3) is 3.90. The van der Waals surface area contributed by atoms with E-state index in [0.717, 1.165) is 18.4 Å². The van der Waals surface area contributed by atoms with Crippen molar-refractivity contribution in [3.05, 3.63) is 17.7 Å². The Bertz CT molecular complexity index is 606. The number of aryl methyl sites for hydroxylation is 1. The van der Waals surface area contributed by atoms with Crippen LogP contribution in [-0.4, -0.2) is 57.4 Å². The first-order valence-corrected chi connectivity index (χ1v) is 9.38. The summed E-state index contributed by atoms with van der Waals surface area (Å²) in [5.74, 6) is 2.02. The van der Waals surface area contributed by atoms with Gasteiger partial charge in [0.25, 0.3) is 0 Å². The first kappa shape index (κ1) is 18.8. The molecule has 2 aliphatic rings. The molecule has 0 bridgehead atoms. The molecule has 0 aromatic heterocycles. The summed E-state index contributed by atoms with van der Waals surface area (Å²) in [7, 11) is 4.79. The Morgan fingerprint density at radius 1 is 1.12 bits per heavy atom. The highest BCUT2D eigenvalue weighted by Gasteiger charge is 2.36. The molecule has 1 aliphatic carbocycles. The van der Waals surface area contributed by atoms with Crippen LogP contribution in [-0.2, 0) is 16.0 Å². The van der Waals surface area contributed by atoms with Crippen molar-refractivity contribution >= 4 is 5.91 Å². The minimum Gasteiger partial charge on any atom is -0.493 e. The maximum Gasteiger partial charge on any atom is 0.223 e. The van der Waals surface area contributed by atoms with Crippen molar-refractivity contribution in [1.82, 2.24) is 4.90 Å². The van der Waals surface area contributed by atoms with E-state index in [-0.39, 0.29) is 18.1 Å². The Labute approximate surface area is 155 Å². The largest absolute Gasteiger partial charge is 0.493 e. The number of ether oxygens (including phenoxy) is 4. The van der Waals surface area contributed by atoms with Gasteiger partial charge < -0.3 is 23.8 Å². The van der Waals surface area contributed by atoms with Gasteiger partial charge >= 0.3 is 0 Å². The summed E-state index contributed by atoms with van der Waals surface area (Å²) in [5, 5.41) is 0. The second-order valence-corrected chi connectivity index (χ2v) is 6.88. The zero-order valence-electron chi connectivity index (χ0n) is 16.0. The molecule has 6 nitrogen and oxygen atoms in total. The van der Waals surface area contributed by atoms with Gasteiger partial charge in [-0.05, 0) is 37.0 Å². The molecule has 1 aromatic carbocycles. The molecule has 0 unspecified atom stereocenters. The SMILES string of the molecule is COc1cc(CCC(=O)N2CCO[C@H]3CCCC[C@@H]32)cc(OC)c1OC. The predicted molar refractivity (Wildman–Crippen MR) is 98.1 cm³/mol. The van der Waals surface area contributed by atoms with Crippen LogP contribution in [0.5, 0.6) is 17.2 Å². The van der Waals surface area contributed by atoms with Gasteiger partial charge in [-0.3, -0.25) is 4.79 Å². The number of hydrogen-bond acceptors (Lipinski definition) is 5. The van der Waals surface area contributed by atoms with Gasteiger partial charge in [0.15, 0.2) is 11.5 Å². The fourth-order valence-corrected chi connectivity index (χ4v) is 4.08. The number of morpholine rings is 1. The van der Waals surface area contributed by atoms with Crippen LogP contribution in [0.2, 0.25) is 0 Å². The van der Waals surface area contributed by atoms with Gasteiger partial charge in [0, 0.05) is 13.0 Å². The van der Waals surface area contributed by atoms with E-state index in [1.54, 1.807) is 21.3 Å². The van der Waals surface area contributed by atoms with E-state index in [0.29, 0.717) is 43.2 Å². The topological polar surface area (TPSA) is 57.2 Å². The summed E-state index contributed by atoms with van der Waals surface area (Å²) < 4.78 is 22.0. The van der Waals surface area contributed by atoms with E-state index >= 15 is 0 Å². The first-order chi connectivity index (χ1) is 12.7. The number of carbonyl (C=O) groups is 1. The second-order valence-electron chi connectivity index (χ2n) is 6.88. The molecule has 0 N–H and O–H groups in total. The van der Waals surface area contributed by atoms with Crippen molar-refractivity contribution in [3.8, 4) is 17.2 Å². The zero-order chi connectivity index (χ0) is 18.5. The van der Waals surface area contributed by atoms with Crippen molar-refractivity contribution < 1.29 is 23.7 Å². The summed E-state index contributed by atoms with van der Waals surface area (Å²) in [6, 6.07) is 4.08. The lowest BCUT2D eigenvalue weighted by Gasteiger charge is -2.43. The van der Waals surface area contributed by atoms with Crippen LogP contribution < -0.4 is 14.2 Å². The van der Waals surface area contributed by atoms with Crippen LogP contribution in [0.25, 0.3) is 0 Å². The maximum absolute atomic E-state index is 12.8. The van der Waals surface area contributed by atoms with Crippen molar-refractivity contribution in [2.75, 3.05) is 34.5 Å². The molecule has 144 valence electrons. The third-order valence-corrected chi connectivity index (χ3v) is 5.40. The summed E-state index contributed by atoms with van der Waals surface area (Å²) in [6.45, 7) is 1.35. The molecule has 0 radical (unpaired) electrons. The molecule has 2 atom stereocenters. The Hall–Kier alpha value is -1.95. The van der Waals surface area contributed by atoms with Gasteiger partial charge in [-0.2, -0.15) is 0 Å². The molecule has 2 fully saturated rings. The molecule has 1 saturated carbocycles. The molecule has 6 heteroatoms. The molecular formula is C20H29NO5. The van der Waals surface area contributed by atoms with Crippen LogP contribution in [0.1, 0.15) is 37.7 Å². The van der Waals surface area contributed by atoms with Gasteiger partial charge in [-0.1, -0.05) is 12.8 Å². The summed E-state index contributed by atoms with van der Waals surface area (Å²) in [5.41, 5.74) is 1.00. The van der Waals surface area contributed by atoms with E-state index in [1.165, 1.54) is 12.8 Å². The van der Waals surface area contributed by atoms with Gasteiger partial charge in [-0.15, -0.1) is 0 Å². The van der Waals surface area contributed by atoms with Gasteiger partial charge in [0.1, 0.15) is 0 Å². The highest BCUT2D eigenvalue weighted by Crippen LogP contribution is 2.38. The predicted octanol–water partition coefficient (Wildman–Crippen LogP) is 2.82. The van der Waals surface area contributed by atoms with E-state index in [4.69, 9.17) is 18.9 Å². The van der Waals surface area contributed by atoms with E-state index in [2.05, 4.69) is 0 Å². The number of amides is 1. The lowest BCUT2D eigenvalue weighted by Crippen LogP contribution is -2.54. The van der Waals surface area contributed by atoms with Crippen molar-refractivity contribution in [1.29, 1.82) is 0 Å². The Morgan fingerprint density at radius 3 is 2.46 bits per heavy atom. The van der Waals surface area contributed by atoms with Gasteiger partial charge in [0.05, 0.1) is 40.1 Å². The lowest BCUT2D eigenvalue weighted by molar-refractivity contribution is -0.149. The molecular weight excluding hydrogens is 334 g/mol. The number of methoxy groups -OCH3 is 3. The molecule has 1 amide bonds. The van der Waals surface area contributed by atoms with E-state index in [1.807, 2.05) is 17.0 Å². The molecule has 1 heterocycles. The number of nitrogens with zero attached hydrogens (tertiary/aromatic N) is 1. The van der Waals surface area contributed by atoms with Crippen molar-refractivity contribution in [3.63, 3.8) is 0 Å². The minimum absolute atomic E-state index is 0.207. The molecule has 3 rings (SSSR count). The Kier molecular flexibility index (Phi) is 6.25. The summed E-state index contributed by atoms with van der Waals surface area (Å²) >= 11 is 0. The number of rotatable bonds is 6. The normalized spacial score (nSPS) is 22.5. The highest BCUT2D eigenvalue weighted by molar-refractivity contribution is 5.77. The van der Waals surface area contributed by atoms with E-state index in [9.17, 15) is 4.79 Å². The van der Waals surface area contributed by atoms with Crippen LogP contribution in [0.4, 0.5) is 0 Å². The molecule has 1 aromatic rings. The van der Waals surface area contributed by atoms with E-state index < -0.39 is 0 Å². The highest BCUT2D eigenvalue weighted by atomic mass is 16.5. The average Bonchev–Trinajstić information content (AvgIpc) is 2.70. The molecule has 26 heavy (non-hydrogen) atoms. The number of fused-ring (bicyclic) bond motifs is 1.